The number of hydrogen-bond acceptors (Lipinski definition) is 3. The highest BCUT2D eigenvalue weighted by atomic mass is 19.4. The second kappa shape index (κ2) is 4.93. The SMILES string of the molecule is NCCNC(=O)c1ccc(C(F)(F)F)nc1. The molecule has 0 aliphatic carbocycles. The maximum absolute atomic E-state index is 12.1. The maximum Gasteiger partial charge on any atom is 0.433 e. The number of nitrogens with one attached hydrogen (secondary N) is 1. The van der Waals surface area contributed by atoms with E-state index in [2.05, 4.69) is 10.3 Å². The minimum absolute atomic E-state index is 0.0708. The van der Waals surface area contributed by atoms with Gasteiger partial charge < -0.3 is 11.1 Å². The second-order valence-corrected chi connectivity index (χ2v) is 2.97. The molecule has 0 atom stereocenters. The number of nitrogens with zero attached hydrogens (tertiary/aromatic N) is 1. The number of halogens is 3. The molecule has 0 unspecified atom stereocenters. The Morgan fingerprint density at radius 3 is 2.56 bits per heavy atom. The van der Waals surface area contributed by atoms with E-state index in [4.69, 9.17) is 5.73 Å². The van der Waals surface area contributed by atoms with Gasteiger partial charge in [0.05, 0.1) is 5.56 Å². The van der Waals surface area contributed by atoms with Gasteiger partial charge in [-0.3, -0.25) is 9.78 Å². The molecule has 0 fully saturated rings. The van der Waals surface area contributed by atoms with E-state index >= 15 is 0 Å². The Morgan fingerprint density at radius 2 is 2.12 bits per heavy atom. The monoisotopic (exact) mass is 233 g/mol. The summed E-state index contributed by atoms with van der Waals surface area (Å²) in [5, 5.41) is 2.42. The summed E-state index contributed by atoms with van der Waals surface area (Å²) >= 11 is 0. The van der Waals surface area contributed by atoms with Crippen LogP contribution in [0.2, 0.25) is 0 Å². The highest BCUT2D eigenvalue weighted by molar-refractivity contribution is 5.93. The zero-order valence-electron chi connectivity index (χ0n) is 8.21. The van der Waals surface area contributed by atoms with Crippen molar-refractivity contribution in [3.63, 3.8) is 0 Å². The molecule has 0 aliphatic heterocycles. The van der Waals surface area contributed by atoms with Crippen molar-refractivity contribution in [1.82, 2.24) is 10.3 Å². The van der Waals surface area contributed by atoms with Gasteiger partial charge in [0.1, 0.15) is 5.69 Å². The fraction of sp³-hybridized carbons (Fsp3) is 0.333. The van der Waals surface area contributed by atoms with Crippen LogP contribution >= 0.6 is 0 Å². The van der Waals surface area contributed by atoms with Crippen LogP contribution in [0.15, 0.2) is 18.3 Å². The molecule has 3 N–H and O–H groups in total. The standard InChI is InChI=1S/C9H10F3N3O/c10-9(11,12)7-2-1-6(5-15-7)8(16)14-4-3-13/h1-2,5H,3-4,13H2,(H,14,16). The average Bonchev–Trinajstić information content (AvgIpc) is 2.25. The molecule has 16 heavy (non-hydrogen) atoms. The second-order valence-electron chi connectivity index (χ2n) is 2.97. The van der Waals surface area contributed by atoms with E-state index in [1.165, 1.54) is 0 Å². The van der Waals surface area contributed by atoms with Gasteiger partial charge in [-0.1, -0.05) is 0 Å². The summed E-state index contributed by atoms with van der Waals surface area (Å²) < 4.78 is 36.4. The van der Waals surface area contributed by atoms with Gasteiger partial charge in [-0.05, 0) is 12.1 Å². The van der Waals surface area contributed by atoms with Gasteiger partial charge in [0.25, 0.3) is 5.91 Å². The fourth-order valence-corrected chi connectivity index (χ4v) is 0.984. The molecule has 4 nitrogen and oxygen atoms in total. The number of nitrogens with two attached hydrogens (primary N) is 1. The lowest BCUT2D eigenvalue weighted by molar-refractivity contribution is -0.141. The molecule has 0 spiro atoms. The summed E-state index contributed by atoms with van der Waals surface area (Å²) in [6.07, 6.45) is -3.61. The molecule has 1 heterocycles. The van der Waals surface area contributed by atoms with Crippen LogP contribution < -0.4 is 11.1 Å². The van der Waals surface area contributed by atoms with Gasteiger partial charge in [0, 0.05) is 19.3 Å². The quantitative estimate of drug-likeness (QED) is 0.811. The first kappa shape index (κ1) is 12.4. The zero-order chi connectivity index (χ0) is 12.2. The lowest BCUT2D eigenvalue weighted by Crippen LogP contribution is -2.29. The molecular weight excluding hydrogens is 223 g/mol. The normalized spacial score (nSPS) is 11.2. The molecule has 1 aromatic rings. The van der Waals surface area contributed by atoms with Crippen molar-refractivity contribution in [1.29, 1.82) is 0 Å². The Hall–Kier alpha value is -1.63. The summed E-state index contributed by atoms with van der Waals surface area (Å²) in [5.74, 6) is -0.494. The average molecular weight is 233 g/mol. The summed E-state index contributed by atoms with van der Waals surface area (Å²) in [6.45, 7) is 0.527. The van der Waals surface area contributed by atoms with Crippen molar-refractivity contribution in [2.75, 3.05) is 13.1 Å². The van der Waals surface area contributed by atoms with Crippen LogP contribution in [0.25, 0.3) is 0 Å². The Kier molecular flexibility index (Phi) is 3.83. The number of hydrogen-bond donors (Lipinski definition) is 2. The van der Waals surface area contributed by atoms with E-state index in [-0.39, 0.29) is 18.7 Å². The summed E-state index contributed by atoms with van der Waals surface area (Å²) in [5.41, 5.74) is 4.20. The summed E-state index contributed by atoms with van der Waals surface area (Å²) in [4.78, 5) is 14.4. The lowest BCUT2D eigenvalue weighted by Gasteiger charge is -2.06. The molecule has 0 aliphatic rings. The molecule has 7 heteroatoms. The van der Waals surface area contributed by atoms with Crippen molar-refractivity contribution >= 4 is 5.91 Å². The summed E-state index contributed by atoms with van der Waals surface area (Å²) in [6, 6.07) is 1.83. The smallest absolute Gasteiger partial charge is 0.351 e. The van der Waals surface area contributed by atoms with Crippen molar-refractivity contribution < 1.29 is 18.0 Å². The minimum atomic E-state index is -4.49. The molecule has 0 saturated heterocycles. The van der Waals surface area contributed by atoms with Gasteiger partial charge in [-0.15, -0.1) is 0 Å². The highest BCUT2D eigenvalue weighted by Gasteiger charge is 2.32. The van der Waals surface area contributed by atoms with Crippen LogP contribution in [0.4, 0.5) is 13.2 Å². The summed E-state index contributed by atoms with van der Waals surface area (Å²) in [7, 11) is 0. The molecule has 1 amide bonds. The van der Waals surface area contributed by atoms with E-state index in [9.17, 15) is 18.0 Å². The Bertz CT molecular complexity index is 361. The number of pyridine rings is 1. The van der Waals surface area contributed by atoms with Crippen molar-refractivity contribution in [3.05, 3.63) is 29.6 Å². The van der Waals surface area contributed by atoms with E-state index in [1.807, 2.05) is 0 Å². The molecule has 88 valence electrons. The number of aromatic nitrogens is 1. The van der Waals surface area contributed by atoms with Crippen LogP contribution in [-0.4, -0.2) is 24.0 Å². The lowest BCUT2D eigenvalue weighted by atomic mass is 10.2. The van der Waals surface area contributed by atoms with Gasteiger partial charge in [-0.25, -0.2) is 0 Å². The van der Waals surface area contributed by atoms with Gasteiger partial charge >= 0.3 is 6.18 Å². The molecule has 0 aromatic carbocycles. The van der Waals surface area contributed by atoms with Crippen molar-refractivity contribution in [3.8, 4) is 0 Å². The van der Waals surface area contributed by atoms with Crippen LogP contribution in [-0.2, 0) is 6.18 Å². The minimum Gasteiger partial charge on any atom is -0.351 e. The van der Waals surface area contributed by atoms with Crippen molar-refractivity contribution in [2.45, 2.75) is 6.18 Å². The number of carbonyl (C=O) groups is 1. The third-order valence-corrected chi connectivity index (χ3v) is 1.75. The zero-order valence-corrected chi connectivity index (χ0v) is 8.21. The predicted octanol–water partition coefficient (Wildman–Crippen LogP) is 0.789. The van der Waals surface area contributed by atoms with E-state index in [0.717, 1.165) is 18.3 Å². The van der Waals surface area contributed by atoms with Gasteiger partial charge in [0.15, 0.2) is 0 Å². The van der Waals surface area contributed by atoms with Gasteiger partial charge in [0.2, 0.25) is 0 Å². The molecule has 1 rings (SSSR count). The maximum atomic E-state index is 12.1. The van der Waals surface area contributed by atoms with Crippen LogP contribution in [0.5, 0.6) is 0 Å². The Labute approximate surface area is 89.7 Å². The van der Waals surface area contributed by atoms with Crippen LogP contribution in [0, 0.1) is 0 Å². The fourth-order valence-electron chi connectivity index (χ4n) is 0.984. The largest absolute Gasteiger partial charge is 0.433 e. The Morgan fingerprint density at radius 1 is 1.44 bits per heavy atom. The predicted molar refractivity (Wildman–Crippen MR) is 50.6 cm³/mol. The van der Waals surface area contributed by atoms with Gasteiger partial charge in [-0.2, -0.15) is 13.2 Å². The third kappa shape index (κ3) is 3.20. The number of rotatable bonds is 3. The number of amides is 1. The van der Waals surface area contributed by atoms with E-state index in [0.29, 0.717) is 0 Å². The first-order valence-electron chi connectivity index (χ1n) is 4.46. The van der Waals surface area contributed by atoms with Crippen LogP contribution in [0.3, 0.4) is 0 Å². The first-order valence-corrected chi connectivity index (χ1v) is 4.46. The highest BCUT2D eigenvalue weighted by Crippen LogP contribution is 2.27. The first-order chi connectivity index (χ1) is 7.45. The van der Waals surface area contributed by atoms with Crippen LogP contribution in [0.1, 0.15) is 16.1 Å². The topological polar surface area (TPSA) is 68.0 Å². The molecule has 1 aromatic heterocycles. The molecule has 0 saturated carbocycles. The van der Waals surface area contributed by atoms with E-state index in [1.54, 1.807) is 0 Å². The molecule has 0 bridgehead atoms. The third-order valence-electron chi connectivity index (χ3n) is 1.75. The number of carbonyl (C=O) groups excluding carboxylic acids is 1. The van der Waals surface area contributed by atoms with Crippen molar-refractivity contribution in [2.24, 2.45) is 5.73 Å². The molecule has 0 radical (unpaired) electrons. The Balaban J connectivity index is 2.75. The van der Waals surface area contributed by atoms with E-state index < -0.39 is 17.8 Å². The number of alkyl halides is 3. The molecular formula is C9H10F3N3O.